The minimum absolute atomic E-state index is 0.273. The maximum Gasteiger partial charge on any atom is 0.111 e. The Hall–Kier alpha value is -0.240. The van der Waals surface area contributed by atoms with E-state index in [4.69, 9.17) is 4.74 Å². The molecule has 0 amide bonds. The summed E-state index contributed by atoms with van der Waals surface area (Å²) in [7, 11) is 0. The third kappa shape index (κ3) is 1.67. The highest BCUT2D eigenvalue weighted by molar-refractivity contribution is 5.02. The van der Waals surface area contributed by atoms with Gasteiger partial charge in [-0.15, -0.1) is 0 Å². The average molecular weight is 220 g/mol. The average Bonchev–Trinajstić information content (AvgIpc) is 2.23. The van der Waals surface area contributed by atoms with Crippen molar-refractivity contribution in [3.63, 3.8) is 0 Å². The fraction of sp³-hybridized carbons (Fsp3) is 1.00. The second-order valence-corrected chi connectivity index (χ2v) is 4.23. The maximum absolute atomic E-state index is 9.67. The van der Waals surface area contributed by atoms with Crippen LogP contribution in [0.4, 0.5) is 0 Å². The van der Waals surface area contributed by atoms with E-state index in [1.807, 2.05) is 0 Å². The van der Waals surface area contributed by atoms with Gasteiger partial charge < -0.3 is 30.3 Å². The summed E-state index contributed by atoms with van der Waals surface area (Å²) in [5.41, 5.74) is 0. The molecule has 0 aromatic heterocycles. The minimum atomic E-state index is -1.45. The van der Waals surface area contributed by atoms with E-state index in [9.17, 15) is 25.5 Å². The number of aliphatic hydroxyl groups is 5. The summed E-state index contributed by atoms with van der Waals surface area (Å²) in [5, 5.41) is 47.8. The third-order valence-corrected chi connectivity index (χ3v) is 3.33. The van der Waals surface area contributed by atoms with Crippen LogP contribution in [0.2, 0.25) is 0 Å². The largest absolute Gasteiger partial charge is 0.393 e. The Morgan fingerprint density at radius 3 is 2.07 bits per heavy atom. The van der Waals surface area contributed by atoms with Crippen molar-refractivity contribution in [3.05, 3.63) is 0 Å². The summed E-state index contributed by atoms with van der Waals surface area (Å²) >= 11 is 0. The van der Waals surface area contributed by atoms with Crippen molar-refractivity contribution in [3.8, 4) is 0 Å². The van der Waals surface area contributed by atoms with Crippen molar-refractivity contribution >= 4 is 0 Å². The lowest BCUT2D eigenvalue weighted by molar-refractivity contribution is -0.250. The maximum atomic E-state index is 9.67. The van der Waals surface area contributed by atoms with Crippen molar-refractivity contribution in [2.24, 2.45) is 5.92 Å². The molecule has 1 aliphatic heterocycles. The fourth-order valence-electron chi connectivity index (χ4n) is 2.42. The predicted octanol–water partition coefficient (Wildman–Crippen LogP) is -2.79. The van der Waals surface area contributed by atoms with Gasteiger partial charge >= 0.3 is 0 Å². The summed E-state index contributed by atoms with van der Waals surface area (Å²) in [5.74, 6) is -0.743. The quantitative estimate of drug-likeness (QED) is 0.302. The second-order valence-electron chi connectivity index (χ2n) is 4.23. The highest BCUT2D eigenvalue weighted by Gasteiger charge is 2.53. The first-order valence-corrected chi connectivity index (χ1v) is 5.06. The molecular weight excluding hydrogens is 204 g/mol. The summed E-state index contributed by atoms with van der Waals surface area (Å²) in [6.45, 7) is 0.273. The van der Waals surface area contributed by atoms with Gasteiger partial charge in [0.1, 0.15) is 18.3 Å². The van der Waals surface area contributed by atoms with Gasteiger partial charge in [0.15, 0.2) is 0 Å². The Morgan fingerprint density at radius 1 is 0.800 bits per heavy atom. The first-order chi connectivity index (χ1) is 7.04. The molecule has 0 unspecified atom stereocenters. The summed E-state index contributed by atoms with van der Waals surface area (Å²) in [4.78, 5) is 0. The topological polar surface area (TPSA) is 110 Å². The van der Waals surface area contributed by atoms with Gasteiger partial charge in [0, 0.05) is 12.5 Å². The van der Waals surface area contributed by atoms with Crippen LogP contribution in [0.25, 0.3) is 0 Å². The molecule has 0 radical (unpaired) electrons. The molecule has 0 spiro atoms. The van der Waals surface area contributed by atoms with Crippen LogP contribution in [0.5, 0.6) is 0 Å². The SMILES string of the molecule is O[C@@H]1[C@H](O)[C@@H](O)[C@H]2OCC[C@H](O)[C@@H]2[C@H]1O. The normalized spacial score (nSPS) is 56.2. The Bertz CT molecular complexity index is 235. The van der Waals surface area contributed by atoms with Gasteiger partial charge in [-0.25, -0.2) is 0 Å². The highest BCUT2D eigenvalue weighted by atomic mass is 16.5. The highest BCUT2D eigenvalue weighted by Crippen LogP contribution is 2.34. The van der Waals surface area contributed by atoms with Crippen LogP contribution in [0.1, 0.15) is 6.42 Å². The molecule has 6 heteroatoms. The lowest BCUT2D eigenvalue weighted by Gasteiger charge is -2.48. The van der Waals surface area contributed by atoms with Crippen molar-refractivity contribution in [2.45, 2.75) is 43.0 Å². The summed E-state index contributed by atoms with van der Waals surface area (Å²) < 4.78 is 5.21. The van der Waals surface area contributed by atoms with Crippen LogP contribution in [-0.4, -0.2) is 68.8 Å². The first-order valence-electron chi connectivity index (χ1n) is 5.06. The zero-order valence-electron chi connectivity index (χ0n) is 8.10. The third-order valence-electron chi connectivity index (χ3n) is 3.33. The molecule has 2 aliphatic rings. The molecule has 1 saturated heterocycles. The Morgan fingerprint density at radius 2 is 1.40 bits per heavy atom. The fourth-order valence-corrected chi connectivity index (χ4v) is 2.42. The zero-order chi connectivity index (χ0) is 11.2. The van der Waals surface area contributed by atoms with Crippen molar-refractivity contribution in [1.29, 1.82) is 0 Å². The van der Waals surface area contributed by atoms with Gasteiger partial charge in [0.2, 0.25) is 0 Å². The smallest absolute Gasteiger partial charge is 0.111 e. The monoisotopic (exact) mass is 220 g/mol. The van der Waals surface area contributed by atoms with Gasteiger partial charge in [0.05, 0.1) is 18.3 Å². The molecule has 1 saturated carbocycles. The predicted molar refractivity (Wildman–Crippen MR) is 47.9 cm³/mol. The van der Waals surface area contributed by atoms with E-state index in [1.165, 1.54) is 0 Å². The van der Waals surface area contributed by atoms with Gasteiger partial charge in [-0.1, -0.05) is 0 Å². The number of aliphatic hydroxyl groups excluding tert-OH is 5. The lowest BCUT2D eigenvalue weighted by atomic mass is 9.74. The van der Waals surface area contributed by atoms with E-state index in [1.54, 1.807) is 0 Å². The zero-order valence-corrected chi connectivity index (χ0v) is 8.10. The Balaban J connectivity index is 2.22. The Kier molecular flexibility index (Phi) is 2.98. The number of fused-ring (bicyclic) bond motifs is 1. The van der Waals surface area contributed by atoms with Gasteiger partial charge in [-0.3, -0.25) is 0 Å². The lowest BCUT2D eigenvalue weighted by Crippen LogP contribution is -2.65. The minimum Gasteiger partial charge on any atom is -0.393 e. The second kappa shape index (κ2) is 3.97. The number of ether oxygens (including phenoxy) is 1. The van der Waals surface area contributed by atoms with Gasteiger partial charge in [-0.05, 0) is 6.42 Å². The van der Waals surface area contributed by atoms with Crippen molar-refractivity contribution < 1.29 is 30.3 Å². The molecule has 0 bridgehead atoms. The molecule has 1 aliphatic carbocycles. The van der Waals surface area contributed by atoms with Crippen molar-refractivity contribution in [1.82, 2.24) is 0 Å². The molecule has 2 fully saturated rings. The van der Waals surface area contributed by atoms with E-state index in [2.05, 4.69) is 0 Å². The van der Waals surface area contributed by atoms with Crippen LogP contribution < -0.4 is 0 Å². The molecule has 5 N–H and O–H groups in total. The van der Waals surface area contributed by atoms with Gasteiger partial charge in [0.25, 0.3) is 0 Å². The molecule has 1 heterocycles. The first kappa shape index (κ1) is 11.3. The van der Waals surface area contributed by atoms with E-state index >= 15 is 0 Å². The molecule has 15 heavy (non-hydrogen) atoms. The molecule has 2 rings (SSSR count). The van der Waals surface area contributed by atoms with Crippen LogP contribution in [0.15, 0.2) is 0 Å². The molecular formula is C9H16O6. The number of rotatable bonds is 0. The summed E-state index contributed by atoms with van der Waals surface area (Å²) in [6, 6.07) is 0. The van der Waals surface area contributed by atoms with Crippen LogP contribution in [0.3, 0.4) is 0 Å². The van der Waals surface area contributed by atoms with E-state index in [0.29, 0.717) is 6.42 Å². The van der Waals surface area contributed by atoms with Crippen LogP contribution >= 0.6 is 0 Å². The van der Waals surface area contributed by atoms with Crippen LogP contribution in [-0.2, 0) is 4.74 Å². The molecule has 0 aromatic rings. The number of hydrogen-bond acceptors (Lipinski definition) is 6. The molecule has 6 nitrogen and oxygen atoms in total. The van der Waals surface area contributed by atoms with Crippen molar-refractivity contribution in [2.75, 3.05) is 6.61 Å². The van der Waals surface area contributed by atoms with E-state index in [0.717, 1.165) is 0 Å². The standard InChI is InChI=1S/C9H16O6/c10-3-1-2-15-9-4(3)5(11)6(12)7(13)8(9)14/h3-14H,1-2H2/t3-,4+,5+,6-,7-,8+,9-/m0/s1. The van der Waals surface area contributed by atoms with E-state index < -0.39 is 42.5 Å². The van der Waals surface area contributed by atoms with E-state index in [-0.39, 0.29) is 6.61 Å². The molecule has 88 valence electrons. The summed E-state index contributed by atoms with van der Waals surface area (Å²) in [6.07, 6.45) is -6.72. The Labute approximate surface area is 86.7 Å². The van der Waals surface area contributed by atoms with Gasteiger partial charge in [-0.2, -0.15) is 0 Å². The van der Waals surface area contributed by atoms with Crippen LogP contribution in [0, 0.1) is 5.92 Å². The molecule has 7 atom stereocenters. The molecule has 0 aromatic carbocycles. The number of hydrogen-bond donors (Lipinski definition) is 5.